The highest BCUT2D eigenvalue weighted by Gasteiger charge is 2.17. The summed E-state index contributed by atoms with van der Waals surface area (Å²) in [5.74, 6) is -1.21. The minimum atomic E-state index is -1.04. The molecule has 0 aliphatic rings. The molecule has 0 atom stereocenters. The van der Waals surface area contributed by atoms with Gasteiger partial charge in [0, 0.05) is 31.2 Å². The number of ether oxygens (including phenoxy) is 1. The molecular weight excluding hydrogens is 292 g/mol. The molecule has 1 N–H and O–H groups in total. The van der Waals surface area contributed by atoms with E-state index in [1.54, 1.807) is 24.1 Å². The number of nitrogens with zero attached hydrogens (tertiary/aromatic N) is 2. The Morgan fingerprint density at radius 2 is 2.24 bits per heavy atom. The lowest BCUT2D eigenvalue weighted by atomic mass is 10.3. The van der Waals surface area contributed by atoms with Crippen molar-refractivity contribution in [3.8, 4) is 6.07 Å². The number of rotatable bonds is 8. The highest BCUT2D eigenvalue weighted by atomic mass is 32.1. The summed E-state index contributed by atoms with van der Waals surface area (Å²) in [5, 5.41) is 17.2. The van der Waals surface area contributed by atoms with Gasteiger partial charge in [0.15, 0.2) is 0 Å². The summed E-state index contributed by atoms with van der Waals surface area (Å²) in [6.07, 6.45) is 2.73. The van der Waals surface area contributed by atoms with E-state index in [9.17, 15) is 9.59 Å². The minimum absolute atomic E-state index is 0.178. The number of nitriles is 1. The van der Waals surface area contributed by atoms with Gasteiger partial charge in [-0.15, -0.1) is 11.3 Å². The lowest BCUT2D eigenvalue weighted by molar-refractivity contribution is -0.131. The first kappa shape index (κ1) is 16.9. The molecule has 0 aromatic carbocycles. The third-order valence-corrected chi connectivity index (χ3v) is 3.61. The van der Waals surface area contributed by atoms with Gasteiger partial charge in [0.2, 0.25) is 0 Å². The number of carboxylic acid groups (broad SMARTS) is 1. The van der Waals surface area contributed by atoms with Gasteiger partial charge in [0.1, 0.15) is 0 Å². The molecule has 1 amide bonds. The van der Waals surface area contributed by atoms with Crippen molar-refractivity contribution in [1.29, 1.82) is 5.26 Å². The molecule has 1 heterocycles. The molecule has 0 radical (unpaired) electrons. The Hall–Kier alpha value is -2.17. The predicted molar refractivity (Wildman–Crippen MR) is 79.0 cm³/mol. The fourth-order valence-corrected chi connectivity index (χ4v) is 2.45. The van der Waals surface area contributed by atoms with Crippen molar-refractivity contribution >= 4 is 29.3 Å². The third kappa shape index (κ3) is 5.77. The van der Waals surface area contributed by atoms with Gasteiger partial charge in [-0.2, -0.15) is 5.26 Å². The first-order valence-corrected chi connectivity index (χ1v) is 7.06. The van der Waals surface area contributed by atoms with Crippen LogP contribution >= 0.6 is 11.3 Å². The third-order valence-electron chi connectivity index (χ3n) is 2.57. The molecule has 1 aromatic rings. The molecule has 1 aromatic heterocycles. The average molecular weight is 308 g/mol. The average Bonchev–Trinajstić information content (AvgIpc) is 2.93. The highest BCUT2D eigenvalue weighted by Crippen LogP contribution is 2.20. The fraction of sp³-hybridized carbons (Fsp3) is 0.357. The van der Waals surface area contributed by atoms with Crippen LogP contribution in [0.25, 0.3) is 6.08 Å². The molecule has 0 aliphatic heterocycles. The second-order valence-electron chi connectivity index (χ2n) is 4.07. The Balaban J connectivity index is 2.78. The molecule has 0 fully saturated rings. The quantitative estimate of drug-likeness (QED) is 0.740. The Morgan fingerprint density at radius 3 is 2.86 bits per heavy atom. The monoisotopic (exact) mass is 308 g/mol. The Morgan fingerprint density at radius 1 is 1.48 bits per heavy atom. The molecule has 7 heteroatoms. The summed E-state index contributed by atoms with van der Waals surface area (Å²) in [6.45, 7) is 1.15. The summed E-state index contributed by atoms with van der Waals surface area (Å²) in [4.78, 5) is 25.6. The summed E-state index contributed by atoms with van der Waals surface area (Å²) in [7, 11) is 1.55. The van der Waals surface area contributed by atoms with Crippen LogP contribution in [0, 0.1) is 11.3 Å². The highest BCUT2D eigenvalue weighted by molar-refractivity contribution is 7.14. The summed E-state index contributed by atoms with van der Waals surface area (Å²) < 4.78 is 4.96. The normalized spacial score (nSPS) is 10.5. The van der Waals surface area contributed by atoms with E-state index in [2.05, 4.69) is 0 Å². The van der Waals surface area contributed by atoms with E-state index in [0.717, 1.165) is 6.08 Å². The lowest BCUT2D eigenvalue weighted by Crippen LogP contribution is -2.34. The van der Waals surface area contributed by atoms with Crippen LogP contribution < -0.4 is 0 Å². The molecular formula is C14H16N2O4S. The molecule has 1 rings (SSSR count). The number of thiophene rings is 1. The number of aliphatic carboxylic acids is 1. The first-order valence-electron chi connectivity index (χ1n) is 6.24. The van der Waals surface area contributed by atoms with E-state index < -0.39 is 5.97 Å². The Labute approximate surface area is 126 Å². The number of carboxylic acids is 1. The SMILES string of the molecule is COCCN(CCC#N)C(=O)c1ccc(C=CC(=O)O)s1. The van der Waals surface area contributed by atoms with Crippen LogP contribution in [0.2, 0.25) is 0 Å². The summed E-state index contributed by atoms with van der Waals surface area (Å²) in [6, 6.07) is 5.36. The van der Waals surface area contributed by atoms with Crippen LogP contribution in [0.3, 0.4) is 0 Å². The topological polar surface area (TPSA) is 90.6 Å². The van der Waals surface area contributed by atoms with E-state index in [1.807, 2.05) is 6.07 Å². The number of amides is 1. The van der Waals surface area contributed by atoms with Crippen LogP contribution in [0.4, 0.5) is 0 Å². The molecule has 21 heavy (non-hydrogen) atoms. The van der Waals surface area contributed by atoms with Crippen molar-refractivity contribution in [3.05, 3.63) is 28.0 Å². The first-order chi connectivity index (χ1) is 10.1. The van der Waals surface area contributed by atoms with Crippen LogP contribution in [0.1, 0.15) is 21.0 Å². The fourth-order valence-electron chi connectivity index (χ4n) is 1.57. The van der Waals surface area contributed by atoms with E-state index in [0.29, 0.717) is 29.5 Å². The largest absolute Gasteiger partial charge is 0.478 e. The molecule has 0 saturated carbocycles. The second-order valence-corrected chi connectivity index (χ2v) is 5.18. The summed E-state index contributed by atoms with van der Waals surface area (Å²) >= 11 is 1.21. The molecule has 0 spiro atoms. The van der Waals surface area contributed by atoms with E-state index >= 15 is 0 Å². The van der Waals surface area contributed by atoms with Gasteiger partial charge in [-0.3, -0.25) is 4.79 Å². The van der Waals surface area contributed by atoms with Gasteiger partial charge in [-0.25, -0.2) is 4.79 Å². The number of methoxy groups -OCH3 is 1. The van der Waals surface area contributed by atoms with Crippen molar-refractivity contribution in [3.63, 3.8) is 0 Å². The smallest absolute Gasteiger partial charge is 0.328 e. The van der Waals surface area contributed by atoms with Crippen molar-refractivity contribution in [2.24, 2.45) is 0 Å². The molecule has 0 aliphatic carbocycles. The van der Waals surface area contributed by atoms with Crippen LogP contribution in [-0.4, -0.2) is 48.7 Å². The number of hydrogen-bond acceptors (Lipinski definition) is 5. The Bertz CT molecular complexity index is 560. The standard InChI is InChI=1S/C14H16N2O4S/c1-20-10-9-16(8-2-7-15)14(19)12-5-3-11(21-12)4-6-13(17)18/h3-6H,2,8-10H2,1H3,(H,17,18). The van der Waals surface area contributed by atoms with Gasteiger partial charge in [-0.05, 0) is 18.2 Å². The van der Waals surface area contributed by atoms with Gasteiger partial charge in [-0.1, -0.05) is 0 Å². The summed E-state index contributed by atoms with van der Waals surface area (Å²) in [5.41, 5.74) is 0. The maximum Gasteiger partial charge on any atom is 0.328 e. The van der Waals surface area contributed by atoms with Gasteiger partial charge < -0.3 is 14.7 Å². The minimum Gasteiger partial charge on any atom is -0.478 e. The zero-order chi connectivity index (χ0) is 15.7. The second kappa shape index (κ2) is 8.89. The Kier molecular flexibility index (Phi) is 7.15. The molecule has 0 saturated heterocycles. The number of carbonyl (C=O) groups is 2. The van der Waals surface area contributed by atoms with Crippen molar-refractivity contribution in [1.82, 2.24) is 4.90 Å². The number of hydrogen-bond donors (Lipinski definition) is 1. The van der Waals surface area contributed by atoms with Crippen molar-refractivity contribution in [2.45, 2.75) is 6.42 Å². The van der Waals surface area contributed by atoms with Gasteiger partial charge in [0.25, 0.3) is 5.91 Å². The molecule has 112 valence electrons. The van der Waals surface area contributed by atoms with Crippen LogP contribution in [-0.2, 0) is 9.53 Å². The van der Waals surface area contributed by atoms with E-state index in [4.69, 9.17) is 15.1 Å². The van der Waals surface area contributed by atoms with E-state index in [1.165, 1.54) is 17.4 Å². The van der Waals surface area contributed by atoms with Gasteiger partial charge in [0.05, 0.1) is 24.0 Å². The van der Waals surface area contributed by atoms with Crippen LogP contribution in [0.5, 0.6) is 0 Å². The molecule has 0 unspecified atom stereocenters. The maximum atomic E-state index is 12.3. The van der Waals surface area contributed by atoms with Crippen molar-refractivity contribution in [2.75, 3.05) is 26.8 Å². The predicted octanol–water partition coefficient (Wildman–Crippen LogP) is 1.85. The number of carbonyl (C=O) groups excluding carboxylic acids is 1. The zero-order valence-electron chi connectivity index (χ0n) is 11.6. The molecule has 6 nitrogen and oxygen atoms in total. The lowest BCUT2D eigenvalue weighted by Gasteiger charge is -2.20. The van der Waals surface area contributed by atoms with Gasteiger partial charge >= 0.3 is 5.97 Å². The maximum absolute atomic E-state index is 12.3. The van der Waals surface area contributed by atoms with Crippen LogP contribution in [0.15, 0.2) is 18.2 Å². The zero-order valence-corrected chi connectivity index (χ0v) is 12.4. The van der Waals surface area contributed by atoms with E-state index in [-0.39, 0.29) is 12.3 Å². The van der Waals surface area contributed by atoms with Crippen molar-refractivity contribution < 1.29 is 19.4 Å². The molecule has 0 bridgehead atoms.